The van der Waals surface area contributed by atoms with E-state index in [9.17, 15) is 79.1 Å². The molecule has 552 valence electrons. The number of nitrogens with one attached hydrogen (secondary N) is 1. The highest BCUT2D eigenvalue weighted by Crippen LogP contribution is 2.45. The Kier molecular flexibility index (Phi) is 43.8. The number of aliphatic hydroxyl groups is 9. The minimum Gasteiger partial charge on any atom is -0.394 e. The molecule has 0 spiro atoms. The van der Waals surface area contributed by atoms with Crippen LogP contribution in [-0.4, -0.2) is 278 Å². The van der Waals surface area contributed by atoms with Gasteiger partial charge in [0.2, 0.25) is 5.91 Å². The van der Waals surface area contributed by atoms with E-state index in [1.54, 1.807) is 13.8 Å². The highest BCUT2D eigenvalue weighted by atomic mass is 31.2. The van der Waals surface area contributed by atoms with Crippen molar-refractivity contribution in [1.82, 2.24) is 5.32 Å². The molecule has 3 saturated heterocycles. The molecule has 93 heavy (non-hydrogen) atoms. The molecule has 3 heterocycles. The predicted octanol–water partition coefficient (Wildman–Crippen LogP) is 1.84. The molecule has 1 amide bonds. The second kappa shape index (κ2) is 47.2. The van der Waals surface area contributed by atoms with Crippen molar-refractivity contribution < 1.29 is 154 Å². The molecule has 13 N–H and O–H groups in total. The first-order valence-electron chi connectivity index (χ1n) is 32.4. The molecule has 0 radical (unpaired) electrons. The summed E-state index contributed by atoms with van der Waals surface area (Å²) in [6.07, 6.45) is -5.96. The van der Waals surface area contributed by atoms with Gasteiger partial charge in [-0.05, 0) is 71.6 Å². The second-order valence-electron chi connectivity index (χ2n) is 23.9. The Bertz CT molecular complexity index is 2010. The lowest BCUT2D eigenvalue weighted by Gasteiger charge is -2.42. The van der Waals surface area contributed by atoms with Gasteiger partial charge in [0.05, 0.1) is 110 Å². The van der Waals surface area contributed by atoms with Crippen LogP contribution >= 0.6 is 23.5 Å². The van der Waals surface area contributed by atoms with Crippen LogP contribution in [0.1, 0.15) is 131 Å². The van der Waals surface area contributed by atoms with Gasteiger partial charge < -0.3 is 113 Å². The number of carbonyl (C=O) groups is 1. The van der Waals surface area contributed by atoms with Crippen molar-refractivity contribution >= 4 is 29.4 Å². The van der Waals surface area contributed by atoms with Gasteiger partial charge in [-0.2, -0.15) is 0 Å². The Morgan fingerprint density at radius 3 is 1.02 bits per heavy atom. The predicted molar refractivity (Wildman–Crippen MR) is 327 cm³/mol. The number of unbranched alkanes of at least 4 members (excludes halogenated alkanes) is 9. The normalized spacial score (nSPS) is 29.6. The third-order valence-corrected chi connectivity index (χ3v) is 18.4. The highest BCUT2D eigenvalue weighted by Gasteiger charge is 2.46. The smallest absolute Gasteiger partial charge is 0.394 e. The first kappa shape index (κ1) is 86.3. The van der Waals surface area contributed by atoms with Crippen LogP contribution in [0.3, 0.4) is 0 Å². The Hall–Kier alpha value is -0.960. The van der Waals surface area contributed by atoms with Crippen LogP contribution in [-0.2, 0) is 93.0 Å². The molecule has 0 aromatic heterocycles. The zero-order valence-corrected chi connectivity index (χ0v) is 57.3. The van der Waals surface area contributed by atoms with E-state index in [4.69, 9.17) is 74.5 Å². The minimum absolute atomic E-state index is 0.00490. The molecular weight excluding hydrogens is 1300 g/mol. The van der Waals surface area contributed by atoms with Crippen molar-refractivity contribution in [2.24, 2.45) is 17.3 Å². The molecule has 3 fully saturated rings. The summed E-state index contributed by atoms with van der Waals surface area (Å²) >= 11 is 0. The molecule has 33 nitrogen and oxygen atoms in total. The Morgan fingerprint density at radius 2 is 0.710 bits per heavy atom. The SMILES string of the molecule is CC(=O)N[C@H]1C(O)[C@@H](O)C(CO)O[C@H]1OCCCCCCOP(=O)(O)OCCCOCC(COCCCOP(=O)(O)OCCCCCCO[C@@H]1OC(CO)[C@H](O)C(O)[C@@H]1C)(COCCCOP(=O)(O)OCCCCCCO[C@@H]1OC(CO)[C@H](O)C(O)[C@@H]1C)COC(C)C. The Balaban J connectivity index is 1.41. The van der Waals surface area contributed by atoms with Crippen LogP contribution in [0.2, 0.25) is 0 Å². The van der Waals surface area contributed by atoms with Crippen molar-refractivity contribution in [3.8, 4) is 0 Å². The largest absolute Gasteiger partial charge is 0.472 e. The maximum absolute atomic E-state index is 12.7. The van der Waals surface area contributed by atoms with Gasteiger partial charge in [-0.1, -0.05) is 52.4 Å². The topological polar surface area (TPSA) is 471 Å². The number of phosphoric acid groups is 3. The fourth-order valence-electron chi connectivity index (χ4n) is 9.84. The summed E-state index contributed by atoms with van der Waals surface area (Å²) in [5, 5.41) is 92.1. The molecule has 0 aromatic carbocycles. The van der Waals surface area contributed by atoms with Crippen LogP contribution in [0.5, 0.6) is 0 Å². The van der Waals surface area contributed by atoms with E-state index in [-0.39, 0.29) is 118 Å². The standard InChI is InChI=1S/C57H112NO32P3/c1-40(2)81-39-57(36-75-21-18-30-85-91(69,70)82-27-15-9-6-12-24-78-54-41(3)48(63)50(65)44(33-59)88-54,37-76-22-19-31-86-92(71,72)83-28-16-10-7-13-25-79-55-42(4)49(64)51(66)45(34-60)89-55)38-77-23-20-32-87-93(73,74)84-29-17-11-8-14-26-80-56-47(58-43(5)62)53(68)52(67)46(35-61)90-56/h40-42,44-56,59-61,63-68H,6-39H2,1-5H3,(H,58,62)(H,69,70)(H,71,72)(H,73,74)/t41-,42-,44?,45?,46?,47-,48?,49?,50-,51-,52-,53?,54+,55+,56+,57?/m0/s1. The van der Waals surface area contributed by atoms with Gasteiger partial charge >= 0.3 is 23.5 Å². The Labute approximate surface area is 546 Å². The maximum atomic E-state index is 12.7. The van der Waals surface area contributed by atoms with Gasteiger partial charge in [0.1, 0.15) is 48.8 Å². The van der Waals surface area contributed by atoms with Crippen molar-refractivity contribution in [2.45, 2.75) is 217 Å². The minimum atomic E-state index is -4.43. The maximum Gasteiger partial charge on any atom is 0.472 e. The van der Waals surface area contributed by atoms with Crippen molar-refractivity contribution in [2.75, 3.05) is 126 Å². The van der Waals surface area contributed by atoms with Gasteiger partial charge in [-0.3, -0.25) is 31.9 Å². The van der Waals surface area contributed by atoms with Crippen molar-refractivity contribution in [3.05, 3.63) is 0 Å². The molecule has 3 aliphatic heterocycles. The summed E-state index contributed by atoms with van der Waals surface area (Å²) in [6, 6.07) is -1.06. The third kappa shape index (κ3) is 34.8. The molecular formula is C57H112NO32P3. The molecule has 3 aliphatic rings. The lowest BCUT2D eigenvalue weighted by atomic mass is 9.92. The van der Waals surface area contributed by atoms with Crippen molar-refractivity contribution in [3.63, 3.8) is 0 Å². The van der Waals surface area contributed by atoms with E-state index in [1.165, 1.54) is 6.92 Å². The lowest BCUT2D eigenvalue weighted by molar-refractivity contribution is -0.282. The van der Waals surface area contributed by atoms with Gasteiger partial charge in [-0.25, -0.2) is 13.7 Å². The molecule has 9 unspecified atom stereocenters. The fourth-order valence-corrected chi connectivity index (χ4v) is 12.2. The summed E-state index contributed by atoms with van der Waals surface area (Å²) in [6.45, 7) is 7.07. The van der Waals surface area contributed by atoms with E-state index >= 15 is 0 Å². The van der Waals surface area contributed by atoms with Crippen LogP contribution in [0.15, 0.2) is 0 Å². The Morgan fingerprint density at radius 1 is 0.419 bits per heavy atom. The van der Waals surface area contributed by atoms with Gasteiger partial charge in [0.25, 0.3) is 0 Å². The molecule has 18 atom stereocenters. The lowest BCUT2D eigenvalue weighted by Crippen LogP contribution is -2.64. The third-order valence-electron chi connectivity index (χ3n) is 15.4. The number of hydrogen-bond donors (Lipinski definition) is 13. The molecule has 0 bridgehead atoms. The van der Waals surface area contributed by atoms with E-state index in [2.05, 4.69) is 5.32 Å². The van der Waals surface area contributed by atoms with Gasteiger partial charge in [-0.15, -0.1) is 0 Å². The molecule has 0 aromatic rings. The number of amides is 1. The molecule has 0 aliphatic carbocycles. The van der Waals surface area contributed by atoms with Crippen LogP contribution in [0, 0.1) is 17.3 Å². The summed E-state index contributed by atoms with van der Waals surface area (Å²) < 4.78 is 127. The van der Waals surface area contributed by atoms with E-state index in [1.807, 2.05) is 13.8 Å². The van der Waals surface area contributed by atoms with E-state index in [0.29, 0.717) is 90.3 Å². The summed E-state index contributed by atoms with van der Waals surface area (Å²) in [7, 11) is -13.2. The first-order valence-corrected chi connectivity index (χ1v) is 36.9. The average Bonchev–Trinajstić information content (AvgIpc) is 0.905. The quantitative estimate of drug-likeness (QED) is 0.0305. The van der Waals surface area contributed by atoms with Crippen LogP contribution in [0.25, 0.3) is 0 Å². The number of phosphoric ester groups is 3. The van der Waals surface area contributed by atoms with Crippen LogP contribution in [0.4, 0.5) is 0 Å². The number of carbonyl (C=O) groups excluding carboxylic acids is 1. The summed E-state index contributed by atoms with van der Waals surface area (Å²) in [4.78, 5) is 42.6. The van der Waals surface area contributed by atoms with Crippen LogP contribution < -0.4 is 5.32 Å². The number of hydrogen-bond acceptors (Lipinski definition) is 29. The zero-order valence-electron chi connectivity index (χ0n) is 54.7. The summed E-state index contributed by atoms with van der Waals surface area (Å²) in [5.41, 5.74) is -0.959. The first-order chi connectivity index (χ1) is 44.2. The number of rotatable bonds is 55. The average molecular weight is 1420 g/mol. The number of aliphatic hydroxyl groups excluding tert-OH is 9. The molecule has 3 rings (SSSR count). The summed E-state index contributed by atoms with van der Waals surface area (Å²) in [5.74, 6) is -1.49. The van der Waals surface area contributed by atoms with Gasteiger partial charge in [0.15, 0.2) is 18.9 Å². The monoisotopic (exact) mass is 1420 g/mol. The fraction of sp³-hybridized carbons (Fsp3) is 0.982. The van der Waals surface area contributed by atoms with E-state index < -0.39 is 146 Å². The highest BCUT2D eigenvalue weighted by molar-refractivity contribution is 7.47. The molecule has 36 heteroatoms. The molecule has 0 saturated carbocycles. The zero-order chi connectivity index (χ0) is 68.9. The number of ether oxygens (including phenoxy) is 10. The second-order valence-corrected chi connectivity index (χ2v) is 28.3. The van der Waals surface area contributed by atoms with Gasteiger partial charge in [0, 0.05) is 58.4 Å². The van der Waals surface area contributed by atoms with E-state index in [0.717, 1.165) is 0 Å². The van der Waals surface area contributed by atoms with Crippen molar-refractivity contribution in [1.29, 1.82) is 0 Å².